The predicted molar refractivity (Wildman–Crippen MR) is 47.5 cm³/mol. The third kappa shape index (κ3) is 3.05. The van der Waals surface area contributed by atoms with Gasteiger partial charge in [0, 0.05) is 5.02 Å². The van der Waals surface area contributed by atoms with E-state index in [1.807, 2.05) is 0 Å². The Kier molecular flexibility index (Phi) is 3.11. The van der Waals surface area contributed by atoms with E-state index in [2.05, 4.69) is 11.2 Å². The molecular weight excluding hydrogens is 204 g/mol. The maximum Gasteiger partial charge on any atom is 0.1000 e. The standard InChI is InChI=1S/C6H4ClO2S2/c7-5-1-3-6(4-2-5)9-11(8)10/h1-4H/q-1. The molecular formula is C6H4ClO2S2-. The molecule has 0 atom stereocenters. The van der Waals surface area contributed by atoms with Crippen molar-refractivity contribution in [3.8, 4) is 5.75 Å². The van der Waals surface area contributed by atoms with Crippen molar-refractivity contribution in [3.63, 3.8) is 0 Å². The number of rotatable bonds is 2. The van der Waals surface area contributed by atoms with Gasteiger partial charge in [-0.05, 0) is 33.9 Å². The Hall–Kier alpha value is -0.320. The summed E-state index contributed by atoms with van der Waals surface area (Å²) in [6, 6.07) is 6.48. The molecule has 0 aliphatic heterocycles. The third-order valence-electron chi connectivity index (χ3n) is 0.978. The molecule has 0 spiro atoms. The van der Waals surface area contributed by atoms with E-state index in [-0.39, 0.29) is 0 Å². The van der Waals surface area contributed by atoms with E-state index in [1.54, 1.807) is 24.3 Å². The third-order valence-corrected chi connectivity index (χ3v) is 1.76. The Morgan fingerprint density at radius 3 is 2.36 bits per heavy atom. The molecule has 2 nitrogen and oxygen atoms in total. The molecule has 1 aromatic rings. The highest BCUT2D eigenvalue weighted by Gasteiger charge is 1.87. The zero-order chi connectivity index (χ0) is 8.27. The van der Waals surface area contributed by atoms with E-state index in [0.29, 0.717) is 10.8 Å². The van der Waals surface area contributed by atoms with Crippen LogP contribution in [0.4, 0.5) is 0 Å². The first-order chi connectivity index (χ1) is 5.18. The Bertz CT molecular complexity index is 297. The second-order valence-corrected chi connectivity index (χ2v) is 3.57. The quantitative estimate of drug-likeness (QED) is 0.695. The minimum Gasteiger partial charge on any atom is -0.551 e. The SMILES string of the molecule is O=[S-](=S)Oc1ccc(Cl)cc1. The van der Waals surface area contributed by atoms with Crippen molar-refractivity contribution < 1.29 is 8.39 Å². The van der Waals surface area contributed by atoms with Gasteiger partial charge in [-0.2, -0.15) is 11.2 Å². The molecule has 0 radical (unpaired) electrons. The highest BCUT2D eigenvalue weighted by Crippen LogP contribution is 2.15. The Morgan fingerprint density at radius 1 is 1.36 bits per heavy atom. The Morgan fingerprint density at radius 2 is 1.91 bits per heavy atom. The highest BCUT2D eigenvalue weighted by atomic mass is 35.5. The number of benzene rings is 1. The summed E-state index contributed by atoms with van der Waals surface area (Å²) in [7, 11) is -1.68. The van der Waals surface area contributed by atoms with Crippen LogP contribution in [0, 0.1) is 0 Å². The van der Waals surface area contributed by atoms with Crippen LogP contribution in [0.3, 0.4) is 0 Å². The summed E-state index contributed by atoms with van der Waals surface area (Å²) in [4.78, 5) is 0. The first kappa shape index (κ1) is 8.77. The van der Waals surface area contributed by atoms with Gasteiger partial charge in [0.1, 0.15) is 0 Å². The van der Waals surface area contributed by atoms with Gasteiger partial charge in [0.05, 0.1) is 5.75 Å². The number of hydrogen-bond acceptors (Lipinski definition) is 4. The van der Waals surface area contributed by atoms with Crippen molar-refractivity contribution in [2.45, 2.75) is 0 Å². The van der Waals surface area contributed by atoms with E-state index < -0.39 is 9.64 Å². The van der Waals surface area contributed by atoms with Gasteiger partial charge in [0.15, 0.2) is 0 Å². The predicted octanol–water partition coefficient (Wildman–Crippen LogP) is 2.06. The molecule has 0 aromatic heterocycles. The van der Waals surface area contributed by atoms with Gasteiger partial charge in [0.25, 0.3) is 0 Å². The van der Waals surface area contributed by atoms with Crippen molar-refractivity contribution in [1.29, 1.82) is 0 Å². The zero-order valence-electron chi connectivity index (χ0n) is 5.32. The summed E-state index contributed by atoms with van der Waals surface area (Å²) in [6.45, 7) is 0. The zero-order valence-corrected chi connectivity index (χ0v) is 7.71. The number of hydrogen-bond donors (Lipinski definition) is 0. The maximum absolute atomic E-state index is 10.4. The lowest BCUT2D eigenvalue weighted by molar-refractivity contribution is 0.536. The molecule has 0 unspecified atom stereocenters. The van der Waals surface area contributed by atoms with Crippen molar-refractivity contribution in [2.75, 3.05) is 0 Å². The van der Waals surface area contributed by atoms with Gasteiger partial charge in [-0.1, -0.05) is 11.6 Å². The van der Waals surface area contributed by atoms with E-state index in [4.69, 9.17) is 15.8 Å². The average molecular weight is 208 g/mol. The summed E-state index contributed by atoms with van der Waals surface area (Å²) in [5, 5.41) is 0.604. The molecule has 11 heavy (non-hydrogen) atoms. The van der Waals surface area contributed by atoms with E-state index >= 15 is 0 Å². The second-order valence-electron chi connectivity index (χ2n) is 1.74. The molecule has 1 aromatic carbocycles. The largest absolute Gasteiger partial charge is 0.551 e. The summed E-state index contributed by atoms with van der Waals surface area (Å²) >= 11 is 9.90. The first-order valence-corrected chi connectivity index (χ1v) is 5.09. The molecule has 0 heterocycles. The molecule has 0 saturated heterocycles. The van der Waals surface area contributed by atoms with Crippen LogP contribution >= 0.6 is 11.6 Å². The fourth-order valence-corrected chi connectivity index (χ4v) is 1.20. The molecule has 5 heteroatoms. The fraction of sp³-hybridized carbons (Fsp3) is 0. The van der Waals surface area contributed by atoms with Gasteiger partial charge in [-0.25, -0.2) is 0 Å². The smallest absolute Gasteiger partial charge is 0.1000 e. The van der Waals surface area contributed by atoms with Crippen LogP contribution in [-0.4, -0.2) is 0 Å². The van der Waals surface area contributed by atoms with Crippen molar-refractivity contribution in [3.05, 3.63) is 29.3 Å². The van der Waals surface area contributed by atoms with Crippen LogP contribution in [0.5, 0.6) is 5.75 Å². The Labute approximate surface area is 76.0 Å². The van der Waals surface area contributed by atoms with Gasteiger partial charge in [-0.15, -0.1) is 0 Å². The molecule has 60 valence electrons. The Balaban J connectivity index is 2.82. The van der Waals surface area contributed by atoms with Crippen LogP contribution in [-0.2, 0) is 25.0 Å². The molecule has 0 bridgehead atoms. The first-order valence-electron chi connectivity index (χ1n) is 2.71. The van der Waals surface area contributed by atoms with Gasteiger partial charge >= 0.3 is 0 Å². The van der Waals surface area contributed by atoms with E-state index in [0.717, 1.165) is 0 Å². The molecule has 0 saturated carbocycles. The van der Waals surface area contributed by atoms with Gasteiger partial charge in [-0.3, -0.25) is 0 Å². The molecule has 0 aliphatic carbocycles. The summed E-state index contributed by atoms with van der Waals surface area (Å²) < 4.78 is 15.1. The summed E-state index contributed by atoms with van der Waals surface area (Å²) in [5.74, 6) is 0.461. The summed E-state index contributed by atoms with van der Waals surface area (Å²) in [5.41, 5.74) is 0. The number of halogens is 1. The molecule has 0 amide bonds. The topological polar surface area (TPSA) is 26.3 Å². The van der Waals surface area contributed by atoms with Crippen molar-refractivity contribution in [2.24, 2.45) is 0 Å². The van der Waals surface area contributed by atoms with Crippen LogP contribution < -0.4 is 4.18 Å². The highest BCUT2D eigenvalue weighted by molar-refractivity contribution is 8.19. The minimum absolute atomic E-state index is 0.461. The van der Waals surface area contributed by atoms with E-state index in [1.165, 1.54) is 0 Å². The minimum atomic E-state index is -1.68. The lowest BCUT2D eigenvalue weighted by Crippen LogP contribution is -1.86. The van der Waals surface area contributed by atoms with E-state index in [9.17, 15) is 4.21 Å². The lowest BCUT2D eigenvalue weighted by Gasteiger charge is -2.05. The monoisotopic (exact) mass is 207 g/mol. The fourth-order valence-electron chi connectivity index (χ4n) is 0.569. The molecule has 0 N–H and O–H groups in total. The molecule has 1 rings (SSSR count). The molecule has 0 aliphatic rings. The molecule has 0 fully saturated rings. The van der Waals surface area contributed by atoms with Crippen LogP contribution in [0.1, 0.15) is 0 Å². The maximum atomic E-state index is 10.4. The van der Waals surface area contributed by atoms with Crippen LogP contribution in [0.15, 0.2) is 24.3 Å². The summed E-state index contributed by atoms with van der Waals surface area (Å²) in [6.07, 6.45) is 0. The normalized spacial score (nSPS) is 10.0. The average Bonchev–Trinajstić information content (AvgIpc) is 1.93. The van der Waals surface area contributed by atoms with Crippen molar-refractivity contribution in [1.82, 2.24) is 0 Å². The van der Waals surface area contributed by atoms with Crippen molar-refractivity contribution >= 4 is 32.4 Å². The van der Waals surface area contributed by atoms with Gasteiger partial charge < -0.3 is 8.39 Å². The second kappa shape index (κ2) is 3.90. The van der Waals surface area contributed by atoms with Gasteiger partial charge in [0.2, 0.25) is 0 Å². The lowest BCUT2D eigenvalue weighted by atomic mass is 10.3. The van der Waals surface area contributed by atoms with Crippen LogP contribution in [0.25, 0.3) is 0 Å². The van der Waals surface area contributed by atoms with Crippen LogP contribution in [0.2, 0.25) is 5.02 Å².